The van der Waals surface area contributed by atoms with Crippen molar-refractivity contribution in [1.29, 1.82) is 0 Å². The Kier molecular flexibility index (Phi) is 3.50. The Balaban J connectivity index is 2.88. The fourth-order valence-corrected chi connectivity index (χ4v) is 1.19. The Morgan fingerprint density at radius 1 is 1.33 bits per heavy atom. The molecule has 1 aromatic heterocycles. The number of nitrogens with zero attached hydrogens (tertiary/aromatic N) is 2. The number of aromatic nitrogens is 2. The number of ether oxygens (including phenoxy) is 1. The zero-order chi connectivity index (χ0) is 11.5. The largest absolute Gasteiger partial charge is 0.472 e. The molecule has 4 nitrogen and oxygen atoms in total. The fourth-order valence-electron chi connectivity index (χ4n) is 1.19. The smallest absolute Gasteiger partial charge is 0.219 e. The van der Waals surface area contributed by atoms with Gasteiger partial charge in [0, 0.05) is 12.5 Å². The molecule has 84 valence electrons. The van der Waals surface area contributed by atoms with Crippen LogP contribution in [0.4, 0.5) is 5.82 Å². The van der Waals surface area contributed by atoms with Gasteiger partial charge in [-0.2, -0.15) is 4.98 Å². The molecule has 0 bridgehead atoms. The van der Waals surface area contributed by atoms with E-state index in [9.17, 15) is 0 Å². The summed E-state index contributed by atoms with van der Waals surface area (Å²) < 4.78 is 5.64. The molecule has 0 aliphatic heterocycles. The SMILES string of the molecule is CCCc1nc(N)cc(OC(C)(C)C)n1. The zero-order valence-corrected chi connectivity index (χ0v) is 9.87. The van der Waals surface area contributed by atoms with Crippen LogP contribution in [0.3, 0.4) is 0 Å². The fraction of sp³-hybridized carbons (Fsp3) is 0.636. The summed E-state index contributed by atoms with van der Waals surface area (Å²) in [6, 6.07) is 1.66. The maximum Gasteiger partial charge on any atom is 0.219 e. The molecule has 1 heterocycles. The molecule has 0 saturated heterocycles. The monoisotopic (exact) mass is 209 g/mol. The lowest BCUT2D eigenvalue weighted by Gasteiger charge is -2.20. The number of nitrogen functional groups attached to an aromatic ring is 1. The molecule has 0 atom stereocenters. The Morgan fingerprint density at radius 2 is 2.00 bits per heavy atom. The molecule has 0 saturated carbocycles. The highest BCUT2D eigenvalue weighted by molar-refractivity contribution is 5.33. The average Bonchev–Trinajstić information content (AvgIpc) is 1.99. The van der Waals surface area contributed by atoms with Gasteiger partial charge in [-0.25, -0.2) is 4.98 Å². The first-order valence-electron chi connectivity index (χ1n) is 5.23. The second-order valence-electron chi connectivity index (χ2n) is 4.51. The van der Waals surface area contributed by atoms with Gasteiger partial charge in [-0.1, -0.05) is 6.92 Å². The van der Waals surface area contributed by atoms with E-state index in [0.29, 0.717) is 11.7 Å². The van der Waals surface area contributed by atoms with Crippen LogP contribution < -0.4 is 10.5 Å². The number of aryl methyl sites for hydroxylation is 1. The van der Waals surface area contributed by atoms with E-state index in [1.165, 1.54) is 0 Å². The van der Waals surface area contributed by atoms with Gasteiger partial charge in [0.25, 0.3) is 0 Å². The van der Waals surface area contributed by atoms with Crippen LogP contribution in [0.15, 0.2) is 6.07 Å². The van der Waals surface area contributed by atoms with Gasteiger partial charge < -0.3 is 10.5 Å². The predicted molar refractivity (Wildman–Crippen MR) is 60.8 cm³/mol. The van der Waals surface area contributed by atoms with Crippen LogP contribution in [-0.2, 0) is 6.42 Å². The van der Waals surface area contributed by atoms with Crippen LogP contribution in [-0.4, -0.2) is 15.6 Å². The van der Waals surface area contributed by atoms with Gasteiger partial charge in [0.2, 0.25) is 5.88 Å². The van der Waals surface area contributed by atoms with E-state index in [0.717, 1.165) is 18.7 Å². The average molecular weight is 209 g/mol. The Bertz CT molecular complexity index is 331. The molecule has 1 aromatic rings. The molecule has 0 unspecified atom stereocenters. The molecule has 0 amide bonds. The highest BCUT2D eigenvalue weighted by atomic mass is 16.5. The highest BCUT2D eigenvalue weighted by Crippen LogP contribution is 2.17. The summed E-state index contributed by atoms with van der Waals surface area (Å²) in [5, 5.41) is 0. The lowest BCUT2D eigenvalue weighted by Crippen LogP contribution is -2.24. The van der Waals surface area contributed by atoms with Crippen molar-refractivity contribution < 1.29 is 4.74 Å². The maximum absolute atomic E-state index is 5.68. The minimum atomic E-state index is -0.260. The topological polar surface area (TPSA) is 61.0 Å². The summed E-state index contributed by atoms with van der Waals surface area (Å²) in [6.45, 7) is 8.01. The van der Waals surface area contributed by atoms with Crippen molar-refractivity contribution in [2.45, 2.75) is 46.1 Å². The van der Waals surface area contributed by atoms with Gasteiger partial charge in [0.15, 0.2) is 0 Å². The Labute approximate surface area is 90.9 Å². The van der Waals surface area contributed by atoms with Crippen LogP contribution in [0.25, 0.3) is 0 Å². The minimum absolute atomic E-state index is 0.260. The van der Waals surface area contributed by atoms with Gasteiger partial charge in [-0.3, -0.25) is 0 Å². The van der Waals surface area contributed by atoms with E-state index < -0.39 is 0 Å². The van der Waals surface area contributed by atoms with Crippen molar-refractivity contribution in [2.75, 3.05) is 5.73 Å². The lowest BCUT2D eigenvalue weighted by molar-refractivity contribution is 0.123. The van der Waals surface area contributed by atoms with Crippen molar-refractivity contribution >= 4 is 5.82 Å². The summed E-state index contributed by atoms with van der Waals surface area (Å²) in [4.78, 5) is 8.44. The van der Waals surface area contributed by atoms with E-state index in [4.69, 9.17) is 10.5 Å². The van der Waals surface area contributed by atoms with E-state index >= 15 is 0 Å². The van der Waals surface area contributed by atoms with Gasteiger partial charge in [-0.05, 0) is 27.2 Å². The Hall–Kier alpha value is -1.32. The first kappa shape index (κ1) is 11.8. The summed E-state index contributed by atoms with van der Waals surface area (Å²) in [6.07, 6.45) is 1.82. The number of rotatable bonds is 3. The van der Waals surface area contributed by atoms with Gasteiger partial charge in [-0.15, -0.1) is 0 Å². The number of nitrogens with two attached hydrogens (primary N) is 1. The molecular weight excluding hydrogens is 190 g/mol. The van der Waals surface area contributed by atoms with Gasteiger partial charge in [0.05, 0.1) is 0 Å². The van der Waals surface area contributed by atoms with Crippen LogP contribution in [0, 0.1) is 0 Å². The molecule has 0 aromatic carbocycles. The molecule has 0 aliphatic rings. The Morgan fingerprint density at radius 3 is 2.53 bits per heavy atom. The second-order valence-corrected chi connectivity index (χ2v) is 4.51. The van der Waals surface area contributed by atoms with Crippen LogP contribution in [0.2, 0.25) is 0 Å². The highest BCUT2D eigenvalue weighted by Gasteiger charge is 2.13. The van der Waals surface area contributed by atoms with E-state index in [1.54, 1.807) is 6.07 Å². The molecule has 1 rings (SSSR count). The van der Waals surface area contributed by atoms with Crippen molar-refractivity contribution in [2.24, 2.45) is 0 Å². The van der Waals surface area contributed by atoms with Crippen LogP contribution in [0.1, 0.15) is 39.9 Å². The van der Waals surface area contributed by atoms with E-state index in [-0.39, 0.29) is 5.60 Å². The second kappa shape index (κ2) is 4.47. The maximum atomic E-state index is 5.68. The molecular formula is C11H19N3O. The zero-order valence-electron chi connectivity index (χ0n) is 9.87. The minimum Gasteiger partial charge on any atom is -0.472 e. The van der Waals surface area contributed by atoms with Crippen molar-refractivity contribution in [3.63, 3.8) is 0 Å². The van der Waals surface area contributed by atoms with Crippen LogP contribution >= 0.6 is 0 Å². The van der Waals surface area contributed by atoms with E-state index in [1.807, 2.05) is 20.8 Å². The quantitative estimate of drug-likeness (QED) is 0.829. The third-order valence-corrected chi connectivity index (χ3v) is 1.65. The van der Waals surface area contributed by atoms with Crippen molar-refractivity contribution in [3.05, 3.63) is 11.9 Å². The standard InChI is InChI=1S/C11H19N3O/c1-5-6-9-13-8(12)7-10(14-9)15-11(2,3)4/h7H,5-6H2,1-4H3,(H2,12,13,14). The summed E-state index contributed by atoms with van der Waals surface area (Å²) in [5.74, 6) is 1.77. The molecule has 2 N–H and O–H groups in total. The third-order valence-electron chi connectivity index (χ3n) is 1.65. The molecule has 15 heavy (non-hydrogen) atoms. The third kappa shape index (κ3) is 4.14. The lowest BCUT2D eigenvalue weighted by atomic mass is 10.2. The molecule has 0 spiro atoms. The number of anilines is 1. The van der Waals surface area contributed by atoms with Crippen molar-refractivity contribution in [3.8, 4) is 5.88 Å². The first-order chi connectivity index (χ1) is 6.90. The van der Waals surface area contributed by atoms with Crippen LogP contribution in [0.5, 0.6) is 5.88 Å². The summed E-state index contributed by atoms with van der Waals surface area (Å²) in [5.41, 5.74) is 5.42. The van der Waals surface area contributed by atoms with Gasteiger partial charge in [0.1, 0.15) is 17.2 Å². The first-order valence-corrected chi connectivity index (χ1v) is 5.23. The number of hydrogen-bond donors (Lipinski definition) is 1. The molecule has 4 heteroatoms. The predicted octanol–water partition coefficient (Wildman–Crippen LogP) is 2.19. The molecule has 0 fully saturated rings. The summed E-state index contributed by atoms with van der Waals surface area (Å²) >= 11 is 0. The van der Waals surface area contributed by atoms with Gasteiger partial charge >= 0.3 is 0 Å². The normalized spacial score (nSPS) is 11.5. The van der Waals surface area contributed by atoms with Crippen molar-refractivity contribution in [1.82, 2.24) is 9.97 Å². The van der Waals surface area contributed by atoms with E-state index in [2.05, 4.69) is 16.9 Å². The summed E-state index contributed by atoms with van der Waals surface area (Å²) in [7, 11) is 0. The molecule has 0 radical (unpaired) electrons. The molecule has 0 aliphatic carbocycles. The number of hydrogen-bond acceptors (Lipinski definition) is 4.